The van der Waals surface area contributed by atoms with Crippen LogP contribution >= 0.6 is 27.7 Å². The molecular formula is C14H19BrN2S. The predicted octanol–water partition coefficient (Wildman–Crippen LogP) is 4.75. The number of hydrogen-bond acceptors (Lipinski definition) is 3. The highest BCUT2D eigenvalue weighted by atomic mass is 79.9. The zero-order valence-electron chi connectivity index (χ0n) is 11.1. The summed E-state index contributed by atoms with van der Waals surface area (Å²) in [6.07, 6.45) is 2.48. The van der Waals surface area contributed by atoms with Crippen LogP contribution in [0, 0.1) is 13.8 Å². The van der Waals surface area contributed by atoms with E-state index < -0.39 is 0 Å². The molecule has 4 heteroatoms. The number of nitrogens with zero attached hydrogens (tertiary/aromatic N) is 1. The van der Waals surface area contributed by atoms with E-state index in [4.69, 9.17) is 0 Å². The summed E-state index contributed by atoms with van der Waals surface area (Å²) >= 11 is 5.41. The van der Waals surface area contributed by atoms with Crippen molar-refractivity contribution in [1.82, 2.24) is 0 Å². The molecule has 0 aromatic heterocycles. The van der Waals surface area contributed by atoms with Crippen LogP contribution in [0.25, 0.3) is 0 Å². The molecule has 1 heterocycles. The largest absolute Gasteiger partial charge is 0.335 e. The molecule has 98 valence electrons. The average molecular weight is 327 g/mol. The molecule has 1 N–H and O–H groups in total. The van der Waals surface area contributed by atoms with Gasteiger partial charge < -0.3 is 5.32 Å². The summed E-state index contributed by atoms with van der Waals surface area (Å²) in [5.41, 5.74) is 3.70. The van der Waals surface area contributed by atoms with Gasteiger partial charge in [0.05, 0.1) is 6.54 Å². The quantitative estimate of drug-likeness (QED) is 0.866. The maximum absolute atomic E-state index is 4.59. The highest BCUT2D eigenvalue weighted by Gasteiger charge is 2.19. The lowest BCUT2D eigenvalue weighted by molar-refractivity contribution is 0.754. The number of nitrogens with one attached hydrogen (secondary N) is 1. The number of amidine groups is 1. The lowest BCUT2D eigenvalue weighted by atomic mass is 10.1. The number of rotatable bonds is 3. The van der Waals surface area contributed by atoms with Gasteiger partial charge in [0.1, 0.15) is 0 Å². The predicted molar refractivity (Wildman–Crippen MR) is 85.8 cm³/mol. The molecule has 0 saturated heterocycles. The molecule has 0 bridgehead atoms. The molecular weight excluding hydrogens is 308 g/mol. The Bertz CT molecular complexity index is 448. The molecule has 0 spiro atoms. The molecule has 1 aromatic carbocycles. The van der Waals surface area contributed by atoms with Gasteiger partial charge in [-0.2, -0.15) is 0 Å². The molecule has 1 atom stereocenters. The third-order valence-corrected chi connectivity index (χ3v) is 4.69. The van der Waals surface area contributed by atoms with Crippen molar-refractivity contribution in [3.63, 3.8) is 0 Å². The second-order valence-electron chi connectivity index (χ2n) is 4.71. The van der Waals surface area contributed by atoms with E-state index in [9.17, 15) is 0 Å². The van der Waals surface area contributed by atoms with E-state index >= 15 is 0 Å². The zero-order valence-corrected chi connectivity index (χ0v) is 13.5. The Hall–Kier alpha value is -0.480. The summed E-state index contributed by atoms with van der Waals surface area (Å²) in [6.45, 7) is 7.44. The van der Waals surface area contributed by atoms with Gasteiger partial charge in [0.2, 0.25) is 0 Å². The number of hydrogen-bond donors (Lipinski definition) is 1. The Labute approximate surface area is 122 Å². The van der Waals surface area contributed by atoms with Gasteiger partial charge in [0, 0.05) is 15.4 Å². The second-order valence-corrected chi connectivity index (χ2v) is 6.92. The first-order valence-corrected chi connectivity index (χ1v) is 8.02. The number of aryl methyl sites for hydroxylation is 2. The highest BCUT2D eigenvalue weighted by Crippen LogP contribution is 2.30. The van der Waals surface area contributed by atoms with Gasteiger partial charge in [0.25, 0.3) is 0 Å². The minimum atomic E-state index is 0.661. The van der Waals surface area contributed by atoms with Gasteiger partial charge in [-0.25, -0.2) is 0 Å². The van der Waals surface area contributed by atoms with Crippen LogP contribution in [-0.4, -0.2) is 17.0 Å². The van der Waals surface area contributed by atoms with E-state index in [0.717, 1.165) is 16.2 Å². The van der Waals surface area contributed by atoms with Crippen LogP contribution in [0.5, 0.6) is 0 Å². The molecule has 18 heavy (non-hydrogen) atoms. The minimum Gasteiger partial charge on any atom is -0.335 e. The van der Waals surface area contributed by atoms with E-state index in [1.165, 1.54) is 29.7 Å². The smallest absolute Gasteiger partial charge is 0.161 e. The molecule has 1 aromatic rings. The molecule has 0 saturated carbocycles. The van der Waals surface area contributed by atoms with Crippen molar-refractivity contribution in [2.45, 2.75) is 38.9 Å². The SMILES string of the molecule is CCCC1CN=C(Nc2c(C)cc(Br)cc2C)S1. The molecule has 2 nitrogen and oxygen atoms in total. The molecule has 1 aliphatic heterocycles. The highest BCUT2D eigenvalue weighted by molar-refractivity contribution is 9.10. The maximum atomic E-state index is 4.59. The lowest BCUT2D eigenvalue weighted by Gasteiger charge is -2.13. The fourth-order valence-electron chi connectivity index (χ4n) is 2.17. The summed E-state index contributed by atoms with van der Waals surface area (Å²) < 4.78 is 1.13. The average Bonchev–Trinajstić information content (AvgIpc) is 2.72. The zero-order chi connectivity index (χ0) is 13.1. The first-order valence-electron chi connectivity index (χ1n) is 6.35. The van der Waals surface area contributed by atoms with Crippen molar-refractivity contribution in [3.05, 3.63) is 27.7 Å². The monoisotopic (exact) mass is 326 g/mol. The second kappa shape index (κ2) is 6.11. The van der Waals surface area contributed by atoms with E-state index in [-0.39, 0.29) is 0 Å². The molecule has 0 radical (unpaired) electrons. The van der Waals surface area contributed by atoms with Gasteiger partial charge in [-0.3, -0.25) is 4.99 Å². The first-order chi connectivity index (χ1) is 8.60. The van der Waals surface area contributed by atoms with Crippen molar-refractivity contribution in [3.8, 4) is 0 Å². The fraction of sp³-hybridized carbons (Fsp3) is 0.500. The van der Waals surface area contributed by atoms with Crippen molar-refractivity contribution in [2.75, 3.05) is 11.9 Å². The molecule has 0 aliphatic carbocycles. The summed E-state index contributed by atoms with van der Waals surface area (Å²) in [6, 6.07) is 4.28. The van der Waals surface area contributed by atoms with Crippen LogP contribution in [0.2, 0.25) is 0 Å². The number of halogens is 1. The van der Waals surface area contributed by atoms with Gasteiger partial charge in [-0.05, 0) is 43.5 Å². The molecule has 1 unspecified atom stereocenters. The Morgan fingerprint density at radius 3 is 2.67 bits per heavy atom. The lowest BCUT2D eigenvalue weighted by Crippen LogP contribution is -2.09. The molecule has 2 rings (SSSR count). The Morgan fingerprint density at radius 2 is 2.06 bits per heavy atom. The Kier molecular flexibility index (Phi) is 4.73. The van der Waals surface area contributed by atoms with E-state index in [1.54, 1.807) is 0 Å². The number of benzene rings is 1. The summed E-state index contributed by atoms with van der Waals surface area (Å²) in [5, 5.41) is 5.22. The van der Waals surface area contributed by atoms with Crippen LogP contribution in [0.3, 0.4) is 0 Å². The topological polar surface area (TPSA) is 24.4 Å². The molecule has 1 aliphatic rings. The summed E-state index contributed by atoms with van der Waals surface area (Å²) in [5.74, 6) is 0. The van der Waals surface area contributed by atoms with Gasteiger partial charge in [-0.1, -0.05) is 41.0 Å². The van der Waals surface area contributed by atoms with Crippen molar-refractivity contribution >= 4 is 38.5 Å². The molecule has 0 fully saturated rings. The Morgan fingerprint density at radius 1 is 1.39 bits per heavy atom. The third kappa shape index (κ3) is 3.29. The van der Waals surface area contributed by atoms with Crippen molar-refractivity contribution in [1.29, 1.82) is 0 Å². The van der Waals surface area contributed by atoms with Crippen molar-refractivity contribution in [2.24, 2.45) is 4.99 Å². The summed E-state index contributed by atoms with van der Waals surface area (Å²) in [4.78, 5) is 4.59. The van der Waals surface area contributed by atoms with Crippen LogP contribution in [0.15, 0.2) is 21.6 Å². The maximum Gasteiger partial charge on any atom is 0.161 e. The number of anilines is 1. The Balaban J connectivity index is 2.07. The standard InChI is InChI=1S/C14H19BrN2S/c1-4-5-12-8-16-14(18-12)17-13-9(2)6-11(15)7-10(13)3/h6-7,12H,4-5,8H2,1-3H3,(H,16,17). The molecule has 0 amide bonds. The number of aliphatic imine (C=N–C) groups is 1. The van der Waals surface area contributed by atoms with Gasteiger partial charge in [0.15, 0.2) is 5.17 Å². The van der Waals surface area contributed by atoms with E-state index in [1.807, 2.05) is 11.8 Å². The van der Waals surface area contributed by atoms with Gasteiger partial charge >= 0.3 is 0 Å². The number of thioether (sulfide) groups is 1. The van der Waals surface area contributed by atoms with Crippen molar-refractivity contribution < 1.29 is 0 Å². The third-order valence-electron chi connectivity index (χ3n) is 3.06. The van der Waals surface area contributed by atoms with Crippen LogP contribution in [0.4, 0.5) is 5.69 Å². The van der Waals surface area contributed by atoms with Crippen LogP contribution < -0.4 is 5.32 Å². The van der Waals surface area contributed by atoms with E-state index in [2.05, 4.69) is 59.1 Å². The van der Waals surface area contributed by atoms with Gasteiger partial charge in [-0.15, -0.1) is 0 Å². The minimum absolute atomic E-state index is 0.661. The first kappa shape index (κ1) is 13.9. The van der Waals surface area contributed by atoms with Crippen LogP contribution in [-0.2, 0) is 0 Å². The summed E-state index contributed by atoms with van der Waals surface area (Å²) in [7, 11) is 0. The normalized spacial score (nSPS) is 18.9. The fourth-order valence-corrected chi connectivity index (χ4v) is 3.99. The van der Waals surface area contributed by atoms with Crippen LogP contribution in [0.1, 0.15) is 30.9 Å². The van der Waals surface area contributed by atoms with E-state index in [0.29, 0.717) is 5.25 Å².